The molecule has 1 heterocycles. The number of anilines is 2. The summed E-state index contributed by atoms with van der Waals surface area (Å²) in [5.41, 5.74) is 5.62. The van der Waals surface area contributed by atoms with Gasteiger partial charge in [0.05, 0.1) is 6.10 Å². The van der Waals surface area contributed by atoms with Crippen LogP contribution in [0, 0.1) is 0 Å². The van der Waals surface area contributed by atoms with Crippen LogP contribution in [0.15, 0.2) is 0 Å². The predicted octanol–water partition coefficient (Wildman–Crippen LogP) is 1.24. The lowest BCUT2D eigenvalue weighted by molar-refractivity contribution is 0.0854. The first-order valence-corrected chi connectivity index (χ1v) is 6.01. The maximum atomic E-state index is 5.62. The lowest BCUT2D eigenvalue weighted by Crippen LogP contribution is -2.21. The van der Waals surface area contributed by atoms with Crippen LogP contribution in [0.25, 0.3) is 0 Å². The summed E-state index contributed by atoms with van der Waals surface area (Å²) in [6, 6.07) is 0. The fourth-order valence-electron chi connectivity index (χ4n) is 1.43. The fraction of sp³-hybridized carbons (Fsp3) is 0.727. The van der Waals surface area contributed by atoms with E-state index < -0.39 is 0 Å². The molecule has 17 heavy (non-hydrogen) atoms. The van der Waals surface area contributed by atoms with Crippen LogP contribution in [0.4, 0.5) is 11.9 Å². The molecule has 0 bridgehead atoms. The van der Waals surface area contributed by atoms with Gasteiger partial charge in [-0.25, -0.2) is 0 Å². The highest BCUT2D eigenvalue weighted by atomic mass is 16.5. The van der Waals surface area contributed by atoms with Gasteiger partial charge in [-0.05, 0) is 20.3 Å². The van der Waals surface area contributed by atoms with Crippen molar-refractivity contribution in [2.45, 2.75) is 39.7 Å². The Bertz CT molecular complexity index is 345. The van der Waals surface area contributed by atoms with Crippen molar-refractivity contribution in [3.05, 3.63) is 5.82 Å². The SMILES string of the molecule is CCCc1nc(N)nc(NCC(C)OCC)n1. The second-order valence-electron chi connectivity index (χ2n) is 3.83. The van der Waals surface area contributed by atoms with Gasteiger partial charge in [-0.2, -0.15) is 15.0 Å². The normalized spacial score (nSPS) is 12.4. The van der Waals surface area contributed by atoms with Gasteiger partial charge in [-0.15, -0.1) is 0 Å². The highest BCUT2D eigenvalue weighted by Crippen LogP contribution is 2.05. The molecule has 1 unspecified atom stereocenters. The quantitative estimate of drug-likeness (QED) is 0.744. The molecular weight excluding hydrogens is 218 g/mol. The van der Waals surface area contributed by atoms with Crippen LogP contribution in [-0.2, 0) is 11.2 Å². The molecule has 6 heteroatoms. The number of aryl methyl sites for hydroxylation is 1. The third-order valence-electron chi connectivity index (χ3n) is 2.17. The zero-order valence-corrected chi connectivity index (χ0v) is 10.7. The van der Waals surface area contributed by atoms with Gasteiger partial charge >= 0.3 is 0 Å². The average Bonchev–Trinajstić information content (AvgIpc) is 2.26. The van der Waals surface area contributed by atoms with Gasteiger partial charge < -0.3 is 15.8 Å². The molecule has 0 amide bonds. The zero-order valence-electron chi connectivity index (χ0n) is 10.7. The summed E-state index contributed by atoms with van der Waals surface area (Å²) in [6.07, 6.45) is 1.91. The summed E-state index contributed by atoms with van der Waals surface area (Å²) < 4.78 is 5.41. The van der Waals surface area contributed by atoms with E-state index in [0.29, 0.717) is 19.1 Å². The van der Waals surface area contributed by atoms with Crippen LogP contribution in [0.1, 0.15) is 33.0 Å². The van der Waals surface area contributed by atoms with Gasteiger partial charge in [0.25, 0.3) is 0 Å². The number of hydrogen-bond donors (Lipinski definition) is 2. The summed E-state index contributed by atoms with van der Waals surface area (Å²) in [5.74, 6) is 1.51. The molecule has 0 fully saturated rings. The Kier molecular flexibility index (Phi) is 5.62. The number of nitrogens with zero attached hydrogens (tertiary/aromatic N) is 3. The highest BCUT2D eigenvalue weighted by molar-refractivity contribution is 5.31. The molecule has 1 rings (SSSR count). The maximum absolute atomic E-state index is 5.62. The number of ether oxygens (including phenoxy) is 1. The Morgan fingerprint density at radius 2 is 2.06 bits per heavy atom. The van der Waals surface area contributed by atoms with Crippen molar-refractivity contribution < 1.29 is 4.74 Å². The molecule has 0 spiro atoms. The molecule has 0 aromatic carbocycles. The van der Waals surface area contributed by atoms with Crippen molar-refractivity contribution in [3.63, 3.8) is 0 Å². The van der Waals surface area contributed by atoms with E-state index in [2.05, 4.69) is 27.2 Å². The topological polar surface area (TPSA) is 86.0 Å². The van der Waals surface area contributed by atoms with E-state index >= 15 is 0 Å². The Balaban J connectivity index is 2.57. The zero-order chi connectivity index (χ0) is 12.7. The van der Waals surface area contributed by atoms with Crippen molar-refractivity contribution in [2.24, 2.45) is 0 Å². The summed E-state index contributed by atoms with van der Waals surface area (Å²) in [4.78, 5) is 12.4. The van der Waals surface area contributed by atoms with E-state index in [4.69, 9.17) is 10.5 Å². The number of aromatic nitrogens is 3. The van der Waals surface area contributed by atoms with Crippen molar-refractivity contribution in [1.29, 1.82) is 0 Å². The van der Waals surface area contributed by atoms with Crippen molar-refractivity contribution in [3.8, 4) is 0 Å². The molecule has 1 aromatic rings. The standard InChI is InChI=1S/C11H21N5O/c1-4-6-9-14-10(12)16-11(15-9)13-7-8(3)17-5-2/h8H,4-7H2,1-3H3,(H3,12,13,14,15,16). The van der Waals surface area contributed by atoms with Crippen LogP contribution < -0.4 is 11.1 Å². The fourth-order valence-corrected chi connectivity index (χ4v) is 1.43. The van der Waals surface area contributed by atoms with Crippen LogP contribution in [0.3, 0.4) is 0 Å². The minimum atomic E-state index is 0.118. The Hall–Kier alpha value is -1.43. The Morgan fingerprint density at radius 3 is 2.71 bits per heavy atom. The van der Waals surface area contributed by atoms with Gasteiger partial charge in [-0.1, -0.05) is 6.92 Å². The van der Waals surface area contributed by atoms with Crippen LogP contribution in [0.5, 0.6) is 0 Å². The molecule has 1 atom stereocenters. The smallest absolute Gasteiger partial charge is 0.227 e. The molecule has 0 radical (unpaired) electrons. The number of nitrogen functional groups attached to an aromatic ring is 1. The summed E-state index contributed by atoms with van der Waals surface area (Å²) in [6.45, 7) is 7.39. The van der Waals surface area contributed by atoms with Gasteiger partial charge in [0.1, 0.15) is 5.82 Å². The molecule has 0 saturated carbocycles. The third-order valence-corrected chi connectivity index (χ3v) is 2.17. The van der Waals surface area contributed by atoms with E-state index in [0.717, 1.165) is 18.7 Å². The maximum Gasteiger partial charge on any atom is 0.227 e. The van der Waals surface area contributed by atoms with E-state index in [9.17, 15) is 0 Å². The first kappa shape index (κ1) is 13.6. The highest BCUT2D eigenvalue weighted by Gasteiger charge is 2.05. The third kappa shape index (κ3) is 4.95. The van der Waals surface area contributed by atoms with Gasteiger partial charge in [-0.3, -0.25) is 0 Å². The second kappa shape index (κ2) is 7.01. The van der Waals surface area contributed by atoms with Crippen LogP contribution in [0.2, 0.25) is 0 Å². The number of nitrogens with two attached hydrogens (primary N) is 1. The lowest BCUT2D eigenvalue weighted by Gasteiger charge is -2.12. The monoisotopic (exact) mass is 239 g/mol. The molecule has 0 aliphatic heterocycles. The van der Waals surface area contributed by atoms with E-state index in [-0.39, 0.29) is 12.1 Å². The molecule has 3 N–H and O–H groups in total. The number of rotatable bonds is 7. The molecule has 1 aromatic heterocycles. The van der Waals surface area contributed by atoms with E-state index in [1.807, 2.05) is 13.8 Å². The Labute approximate surface area is 102 Å². The predicted molar refractivity (Wildman–Crippen MR) is 67.8 cm³/mol. The van der Waals surface area contributed by atoms with E-state index in [1.165, 1.54) is 0 Å². The van der Waals surface area contributed by atoms with E-state index in [1.54, 1.807) is 0 Å². The summed E-state index contributed by atoms with van der Waals surface area (Å²) in [7, 11) is 0. The number of hydrogen-bond acceptors (Lipinski definition) is 6. The Morgan fingerprint density at radius 1 is 1.29 bits per heavy atom. The molecule has 0 aliphatic rings. The van der Waals surface area contributed by atoms with Crippen molar-refractivity contribution in [1.82, 2.24) is 15.0 Å². The minimum absolute atomic E-state index is 0.118. The minimum Gasteiger partial charge on any atom is -0.377 e. The molecular formula is C11H21N5O. The molecule has 96 valence electrons. The largest absolute Gasteiger partial charge is 0.377 e. The molecule has 0 saturated heterocycles. The van der Waals surface area contributed by atoms with Crippen molar-refractivity contribution in [2.75, 3.05) is 24.2 Å². The van der Waals surface area contributed by atoms with Gasteiger partial charge in [0.15, 0.2) is 0 Å². The summed E-state index contributed by atoms with van der Waals surface area (Å²) in [5, 5.41) is 3.10. The molecule has 6 nitrogen and oxygen atoms in total. The molecule has 0 aliphatic carbocycles. The lowest BCUT2D eigenvalue weighted by atomic mass is 10.3. The first-order chi connectivity index (χ1) is 8.15. The van der Waals surface area contributed by atoms with Crippen molar-refractivity contribution >= 4 is 11.9 Å². The average molecular weight is 239 g/mol. The first-order valence-electron chi connectivity index (χ1n) is 6.01. The van der Waals surface area contributed by atoms with Crippen LogP contribution in [-0.4, -0.2) is 34.2 Å². The van der Waals surface area contributed by atoms with Crippen LogP contribution >= 0.6 is 0 Å². The number of nitrogens with one attached hydrogen (secondary N) is 1. The summed E-state index contributed by atoms with van der Waals surface area (Å²) >= 11 is 0. The van der Waals surface area contributed by atoms with Gasteiger partial charge in [0.2, 0.25) is 11.9 Å². The second-order valence-corrected chi connectivity index (χ2v) is 3.83. The van der Waals surface area contributed by atoms with Gasteiger partial charge in [0, 0.05) is 19.6 Å².